The van der Waals surface area contributed by atoms with Gasteiger partial charge in [-0.2, -0.15) is 0 Å². The molecule has 0 atom stereocenters. The predicted molar refractivity (Wildman–Crippen MR) is 37.9 cm³/mol. The first-order chi connectivity index (χ1) is 5.61. The molecule has 0 aliphatic carbocycles. The number of thiophene rings is 1. The summed E-state index contributed by atoms with van der Waals surface area (Å²) in [6.45, 7) is 0. The highest BCUT2D eigenvalue weighted by Crippen LogP contribution is 2.33. The Morgan fingerprint density at radius 3 is 2.83 bits per heavy atom. The molecule has 3 nitrogen and oxygen atoms in total. The van der Waals surface area contributed by atoms with Crippen molar-refractivity contribution in [2.75, 3.05) is 0 Å². The quantitative estimate of drug-likeness (QED) is 0.736. The van der Waals surface area contributed by atoms with E-state index in [9.17, 15) is 13.6 Å². The van der Waals surface area contributed by atoms with Crippen molar-refractivity contribution < 1.29 is 23.4 Å². The number of carboxylic acid groups (broad SMARTS) is 1. The fourth-order valence-corrected chi connectivity index (χ4v) is 1.31. The van der Waals surface area contributed by atoms with Gasteiger partial charge in [0.15, 0.2) is 5.75 Å². The average Bonchev–Trinajstić information content (AvgIpc) is 2.33. The zero-order chi connectivity index (χ0) is 9.14. The highest BCUT2D eigenvalue weighted by atomic mass is 32.1. The number of rotatable bonds is 2. The molecule has 12 heavy (non-hydrogen) atoms. The Labute approximate surface area is 70.2 Å². The molecule has 1 rings (SSSR count). The van der Waals surface area contributed by atoms with Crippen LogP contribution in [0.4, 0.5) is 13.6 Å². The Morgan fingerprint density at radius 2 is 2.33 bits per heavy atom. The minimum absolute atomic E-state index is 0.289. The van der Waals surface area contributed by atoms with Gasteiger partial charge in [0.1, 0.15) is 4.88 Å². The minimum Gasteiger partial charge on any atom is -0.449 e. The van der Waals surface area contributed by atoms with Crippen LogP contribution in [-0.2, 0) is 0 Å². The Morgan fingerprint density at radius 1 is 1.67 bits per heavy atom. The third kappa shape index (κ3) is 1.91. The zero-order valence-electron chi connectivity index (χ0n) is 5.66. The van der Waals surface area contributed by atoms with Crippen LogP contribution in [0.5, 0.6) is 5.75 Å². The van der Waals surface area contributed by atoms with Gasteiger partial charge in [-0.3, -0.25) is 0 Å². The van der Waals surface area contributed by atoms with Crippen LogP contribution >= 0.6 is 11.3 Å². The molecule has 0 aliphatic rings. The van der Waals surface area contributed by atoms with Gasteiger partial charge in [-0.1, -0.05) is 0 Å². The molecule has 1 aromatic heterocycles. The van der Waals surface area contributed by atoms with Gasteiger partial charge < -0.3 is 9.84 Å². The van der Waals surface area contributed by atoms with Crippen LogP contribution in [0.15, 0.2) is 11.4 Å². The van der Waals surface area contributed by atoms with Crippen molar-refractivity contribution in [3.8, 4) is 5.75 Å². The van der Waals surface area contributed by atoms with E-state index in [0.29, 0.717) is 0 Å². The van der Waals surface area contributed by atoms with E-state index in [2.05, 4.69) is 4.74 Å². The second kappa shape index (κ2) is 3.48. The van der Waals surface area contributed by atoms with Gasteiger partial charge in [-0.25, -0.2) is 13.6 Å². The number of alkyl halides is 2. The second-order valence-electron chi connectivity index (χ2n) is 1.82. The highest BCUT2D eigenvalue weighted by Gasteiger charge is 2.17. The van der Waals surface area contributed by atoms with Gasteiger partial charge in [-0.15, -0.1) is 11.3 Å². The summed E-state index contributed by atoms with van der Waals surface area (Å²) in [5, 5.41) is 9.48. The molecular formula is C6H4F2O3S. The van der Waals surface area contributed by atoms with E-state index >= 15 is 0 Å². The fourth-order valence-electron chi connectivity index (χ4n) is 0.647. The number of carbonyl (C=O) groups is 1. The number of hydrogen-bond donors (Lipinski definition) is 1. The van der Waals surface area contributed by atoms with Gasteiger partial charge >= 0.3 is 6.16 Å². The van der Waals surface area contributed by atoms with Crippen LogP contribution in [0.25, 0.3) is 0 Å². The van der Waals surface area contributed by atoms with Crippen LogP contribution in [0, 0.1) is 0 Å². The molecule has 1 N–H and O–H groups in total. The van der Waals surface area contributed by atoms with Crippen LogP contribution in [0.1, 0.15) is 11.3 Å². The van der Waals surface area contributed by atoms with Crippen molar-refractivity contribution in [1.29, 1.82) is 0 Å². The van der Waals surface area contributed by atoms with E-state index in [4.69, 9.17) is 5.11 Å². The average molecular weight is 194 g/mol. The Kier molecular flexibility index (Phi) is 2.59. The van der Waals surface area contributed by atoms with E-state index in [1.54, 1.807) is 0 Å². The smallest absolute Gasteiger partial charge is 0.449 e. The Bertz CT molecular complexity index is 284. The lowest BCUT2D eigenvalue weighted by atomic mass is 10.4. The molecule has 0 bridgehead atoms. The maximum absolute atomic E-state index is 12.0. The molecule has 1 heterocycles. The third-order valence-corrected chi connectivity index (χ3v) is 1.96. The van der Waals surface area contributed by atoms with Crippen LogP contribution in [0.2, 0.25) is 0 Å². The maximum atomic E-state index is 12.0. The largest absolute Gasteiger partial charge is 0.511 e. The summed E-state index contributed by atoms with van der Waals surface area (Å²) < 4.78 is 28.2. The molecule has 0 radical (unpaired) electrons. The molecular weight excluding hydrogens is 190 g/mol. The molecule has 6 heteroatoms. The lowest BCUT2D eigenvalue weighted by Crippen LogP contribution is -2.03. The number of halogens is 2. The van der Waals surface area contributed by atoms with Gasteiger partial charge in [0, 0.05) is 0 Å². The second-order valence-corrected chi connectivity index (χ2v) is 2.77. The molecule has 0 aromatic carbocycles. The predicted octanol–water partition coefficient (Wildman–Crippen LogP) is 2.74. The van der Waals surface area contributed by atoms with Crippen molar-refractivity contribution in [2.45, 2.75) is 6.43 Å². The molecule has 66 valence electrons. The monoisotopic (exact) mass is 194 g/mol. The summed E-state index contributed by atoms with van der Waals surface area (Å²) in [4.78, 5) is 9.62. The Balaban J connectivity index is 2.84. The summed E-state index contributed by atoms with van der Waals surface area (Å²) in [7, 11) is 0. The highest BCUT2D eigenvalue weighted by molar-refractivity contribution is 7.10. The Hall–Kier alpha value is -1.17. The van der Waals surface area contributed by atoms with Crippen LogP contribution in [-0.4, -0.2) is 11.3 Å². The molecule has 0 aliphatic heterocycles. The fraction of sp³-hybridized carbons (Fsp3) is 0.167. The van der Waals surface area contributed by atoms with Crippen molar-refractivity contribution >= 4 is 17.5 Å². The molecule has 1 aromatic rings. The number of ether oxygens (including phenoxy) is 1. The summed E-state index contributed by atoms with van der Waals surface area (Å²) in [6, 6.07) is 1.19. The van der Waals surface area contributed by atoms with Crippen LogP contribution < -0.4 is 4.74 Å². The van der Waals surface area contributed by atoms with E-state index in [1.807, 2.05) is 0 Å². The lowest BCUT2D eigenvalue weighted by Gasteiger charge is -1.99. The van der Waals surface area contributed by atoms with Crippen molar-refractivity contribution in [1.82, 2.24) is 0 Å². The van der Waals surface area contributed by atoms with E-state index in [-0.39, 0.29) is 10.6 Å². The van der Waals surface area contributed by atoms with E-state index < -0.39 is 12.6 Å². The standard InChI is InChI=1S/C6H4F2O3S/c7-5(8)4-3(1-2-12-4)11-6(9)10/h1-2,5H,(H,9,10). The van der Waals surface area contributed by atoms with Crippen molar-refractivity contribution in [2.24, 2.45) is 0 Å². The van der Waals surface area contributed by atoms with Crippen molar-refractivity contribution in [3.63, 3.8) is 0 Å². The normalized spacial score (nSPS) is 10.2. The molecule has 0 unspecified atom stereocenters. The van der Waals surface area contributed by atoms with Gasteiger partial charge in [-0.05, 0) is 11.4 Å². The summed E-state index contributed by atoms with van der Waals surface area (Å²) in [5.74, 6) is -0.289. The topological polar surface area (TPSA) is 46.5 Å². The molecule has 0 saturated heterocycles. The minimum atomic E-state index is -2.70. The summed E-state index contributed by atoms with van der Waals surface area (Å²) in [6.07, 6.45) is -4.28. The number of hydrogen-bond acceptors (Lipinski definition) is 3. The third-order valence-electron chi connectivity index (χ3n) is 1.05. The van der Waals surface area contributed by atoms with E-state index in [0.717, 1.165) is 11.3 Å². The first-order valence-electron chi connectivity index (χ1n) is 2.87. The summed E-state index contributed by atoms with van der Waals surface area (Å²) in [5.41, 5.74) is 0. The SMILES string of the molecule is O=C(O)Oc1ccsc1C(F)F. The first-order valence-corrected chi connectivity index (χ1v) is 3.75. The maximum Gasteiger partial charge on any atom is 0.511 e. The van der Waals surface area contributed by atoms with Gasteiger partial charge in [0.05, 0.1) is 0 Å². The first kappa shape index (κ1) is 8.92. The molecule has 0 fully saturated rings. The molecule has 0 spiro atoms. The lowest BCUT2D eigenvalue weighted by molar-refractivity contribution is 0.134. The molecule has 0 saturated carbocycles. The van der Waals surface area contributed by atoms with E-state index in [1.165, 1.54) is 11.4 Å². The van der Waals surface area contributed by atoms with Gasteiger partial charge in [0.25, 0.3) is 6.43 Å². The molecule has 0 amide bonds. The zero-order valence-corrected chi connectivity index (χ0v) is 6.48. The van der Waals surface area contributed by atoms with Crippen LogP contribution in [0.3, 0.4) is 0 Å². The summed E-state index contributed by atoms with van der Waals surface area (Å²) >= 11 is 0.761. The van der Waals surface area contributed by atoms with Gasteiger partial charge in [0.2, 0.25) is 0 Å². The van der Waals surface area contributed by atoms with Crippen molar-refractivity contribution in [3.05, 3.63) is 16.3 Å².